The van der Waals surface area contributed by atoms with Crippen LogP contribution in [0.25, 0.3) is 0 Å². The van der Waals surface area contributed by atoms with Crippen molar-refractivity contribution >= 4 is 5.97 Å². The Hall–Kier alpha value is -1.82. The smallest absolute Gasteiger partial charge is 0.314 e. The summed E-state index contributed by atoms with van der Waals surface area (Å²) in [7, 11) is 0. The van der Waals surface area contributed by atoms with Crippen LogP contribution in [0.4, 0.5) is 0 Å². The Kier molecular flexibility index (Phi) is 3.90. The van der Waals surface area contributed by atoms with Gasteiger partial charge in [0.1, 0.15) is 5.41 Å². The Morgan fingerprint density at radius 1 is 1.41 bits per heavy atom. The van der Waals surface area contributed by atoms with Gasteiger partial charge in [-0.3, -0.25) is 4.79 Å². The summed E-state index contributed by atoms with van der Waals surface area (Å²) in [6.45, 7) is 5.75. The van der Waals surface area contributed by atoms with Gasteiger partial charge < -0.3 is 5.11 Å². The molecule has 0 amide bonds. The van der Waals surface area contributed by atoms with Gasteiger partial charge in [-0.2, -0.15) is 5.26 Å². The van der Waals surface area contributed by atoms with E-state index in [1.165, 1.54) is 5.56 Å². The fraction of sp³-hybridized carbons (Fsp3) is 0.429. The third-order valence-corrected chi connectivity index (χ3v) is 3.12. The second kappa shape index (κ2) is 5.01. The third kappa shape index (κ3) is 2.65. The van der Waals surface area contributed by atoms with E-state index in [1.807, 2.05) is 18.2 Å². The quantitative estimate of drug-likeness (QED) is 0.866. The monoisotopic (exact) mass is 231 g/mol. The van der Waals surface area contributed by atoms with Crippen molar-refractivity contribution in [3.63, 3.8) is 0 Å². The van der Waals surface area contributed by atoms with E-state index < -0.39 is 11.4 Å². The highest BCUT2D eigenvalue weighted by atomic mass is 16.4. The number of nitrogens with zero attached hydrogens (tertiary/aromatic N) is 1. The lowest BCUT2D eigenvalue weighted by molar-refractivity contribution is -0.143. The maximum absolute atomic E-state index is 11.3. The molecule has 1 N–H and O–H groups in total. The number of carboxylic acids is 1. The molecule has 0 spiro atoms. The Morgan fingerprint density at radius 2 is 1.94 bits per heavy atom. The molecule has 17 heavy (non-hydrogen) atoms. The minimum Gasteiger partial charge on any atom is -0.481 e. The van der Waals surface area contributed by atoms with E-state index in [1.54, 1.807) is 19.1 Å². The number of benzene rings is 1. The number of hydrogen-bond acceptors (Lipinski definition) is 2. The number of carbonyl (C=O) groups is 1. The molecule has 3 nitrogen and oxygen atoms in total. The largest absolute Gasteiger partial charge is 0.481 e. The van der Waals surface area contributed by atoms with E-state index in [0.29, 0.717) is 11.5 Å². The highest BCUT2D eigenvalue weighted by molar-refractivity contribution is 5.81. The normalized spacial score (nSPS) is 14.1. The average molecular weight is 231 g/mol. The predicted molar refractivity (Wildman–Crippen MR) is 65.7 cm³/mol. The Labute approximate surface area is 102 Å². The summed E-state index contributed by atoms with van der Waals surface area (Å²) in [5.74, 6) is -0.549. The first kappa shape index (κ1) is 13.2. The summed E-state index contributed by atoms with van der Waals surface area (Å²) >= 11 is 0. The minimum atomic E-state index is -1.12. The Morgan fingerprint density at radius 3 is 2.29 bits per heavy atom. The molecule has 90 valence electrons. The molecule has 1 unspecified atom stereocenters. The lowest BCUT2D eigenvalue weighted by Gasteiger charge is -2.22. The summed E-state index contributed by atoms with van der Waals surface area (Å²) in [5, 5.41) is 18.0. The zero-order chi connectivity index (χ0) is 13.1. The lowest BCUT2D eigenvalue weighted by atomic mass is 9.79. The number of hydrogen-bond donors (Lipinski definition) is 1. The van der Waals surface area contributed by atoms with Crippen LogP contribution in [0.2, 0.25) is 0 Å². The van der Waals surface area contributed by atoms with Crippen molar-refractivity contribution in [2.24, 2.45) is 0 Å². The molecule has 1 atom stereocenters. The molecular formula is C14H17NO2. The van der Waals surface area contributed by atoms with Crippen molar-refractivity contribution in [3.05, 3.63) is 35.4 Å². The number of carboxylic acid groups (broad SMARTS) is 1. The van der Waals surface area contributed by atoms with Crippen molar-refractivity contribution in [3.8, 4) is 6.07 Å². The first-order chi connectivity index (χ1) is 7.91. The fourth-order valence-corrected chi connectivity index (χ4v) is 1.70. The van der Waals surface area contributed by atoms with Crippen molar-refractivity contribution in [1.29, 1.82) is 5.26 Å². The molecule has 0 saturated heterocycles. The average Bonchev–Trinajstić information content (AvgIpc) is 2.29. The van der Waals surface area contributed by atoms with Gasteiger partial charge in [0.15, 0.2) is 0 Å². The molecule has 3 heteroatoms. The maximum Gasteiger partial charge on any atom is 0.314 e. The molecule has 0 aliphatic heterocycles. The van der Waals surface area contributed by atoms with Gasteiger partial charge in [-0.05, 0) is 24.0 Å². The summed E-state index contributed by atoms with van der Waals surface area (Å²) in [5.41, 5.74) is 0.721. The zero-order valence-electron chi connectivity index (χ0n) is 10.4. The number of rotatable bonds is 4. The summed E-state index contributed by atoms with van der Waals surface area (Å²) < 4.78 is 0. The molecule has 1 aromatic rings. The van der Waals surface area contributed by atoms with Crippen LogP contribution in [0, 0.1) is 11.3 Å². The molecule has 0 aliphatic rings. The minimum absolute atomic E-state index is 0.0244. The summed E-state index contributed by atoms with van der Waals surface area (Å²) in [6.07, 6.45) is -0.0244. The van der Waals surface area contributed by atoms with Gasteiger partial charge in [-0.25, -0.2) is 0 Å². The van der Waals surface area contributed by atoms with Gasteiger partial charge >= 0.3 is 5.97 Å². The van der Waals surface area contributed by atoms with Crippen LogP contribution in [0.5, 0.6) is 0 Å². The van der Waals surface area contributed by atoms with Gasteiger partial charge in [0.05, 0.1) is 12.5 Å². The van der Waals surface area contributed by atoms with Crippen molar-refractivity contribution < 1.29 is 9.90 Å². The van der Waals surface area contributed by atoms with Crippen LogP contribution >= 0.6 is 0 Å². The second-order valence-electron chi connectivity index (χ2n) is 4.75. The number of aliphatic carboxylic acids is 1. The molecule has 0 bridgehead atoms. The molecule has 1 rings (SSSR count). The first-order valence-electron chi connectivity index (χ1n) is 5.62. The van der Waals surface area contributed by atoms with Crippen molar-refractivity contribution in [2.45, 2.75) is 38.5 Å². The van der Waals surface area contributed by atoms with Gasteiger partial charge in [0.25, 0.3) is 0 Å². The first-order valence-corrected chi connectivity index (χ1v) is 5.62. The van der Waals surface area contributed by atoms with Crippen LogP contribution < -0.4 is 0 Å². The Bertz CT molecular complexity index is 442. The molecule has 0 saturated carbocycles. The molecule has 0 radical (unpaired) electrons. The van der Waals surface area contributed by atoms with E-state index in [-0.39, 0.29) is 6.42 Å². The topological polar surface area (TPSA) is 61.1 Å². The maximum atomic E-state index is 11.3. The van der Waals surface area contributed by atoms with E-state index >= 15 is 0 Å². The predicted octanol–water partition coefficient (Wildman–Crippen LogP) is 3.07. The third-order valence-electron chi connectivity index (χ3n) is 3.12. The molecule has 0 heterocycles. The molecule has 0 aliphatic carbocycles. The summed E-state index contributed by atoms with van der Waals surface area (Å²) in [6, 6.07) is 9.42. The molecular weight excluding hydrogens is 214 g/mol. The summed E-state index contributed by atoms with van der Waals surface area (Å²) in [4.78, 5) is 11.3. The highest BCUT2D eigenvalue weighted by Crippen LogP contribution is 2.29. The van der Waals surface area contributed by atoms with E-state index in [4.69, 9.17) is 5.26 Å². The van der Waals surface area contributed by atoms with Crippen LogP contribution in [-0.2, 0) is 10.2 Å². The van der Waals surface area contributed by atoms with E-state index in [0.717, 1.165) is 0 Å². The van der Waals surface area contributed by atoms with Crippen LogP contribution in [0.15, 0.2) is 24.3 Å². The van der Waals surface area contributed by atoms with Crippen LogP contribution in [0.3, 0.4) is 0 Å². The van der Waals surface area contributed by atoms with Crippen LogP contribution in [-0.4, -0.2) is 11.1 Å². The number of nitriles is 1. The van der Waals surface area contributed by atoms with Gasteiger partial charge in [-0.15, -0.1) is 0 Å². The SMILES string of the molecule is CC(C)c1ccc(C(C)(CC#N)C(=O)O)cc1. The van der Waals surface area contributed by atoms with Crippen LogP contribution in [0.1, 0.15) is 44.2 Å². The molecule has 1 aromatic carbocycles. The van der Waals surface area contributed by atoms with Crippen molar-refractivity contribution in [2.75, 3.05) is 0 Å². The van der Waals surface area contributed by atoms with Crippen molar-refractivity contribution in [1.82, 2.24) is 0 Å². The molecule has 0 aromatic heterocycles. The lowest BCUT2D eigenvalue weighted by Crippen LogP contribution is -2.31. The highest BCUT2D eigenvalue weighted by Gasteiger charge is 2.35. The van der Waals surface area contributed by atoms with Gasteiger partial charge in [0, 0.05) is 0 Å². The standard InChI is InChI=1S/C14H17NO2/c1-10(2)11-4-6-12(7-5-11)14(3,8-9-15)13(16)17/h4-7,10H,8H2,1-3H3,(H,16,17). The van der Waals surface area contributed by atoms with E-state index in [2.05, 4.69) is 13.8 Å². The van der Waals surface area contributed by atoms with Gasteiger partial charge in [0.2, 0.25) is 0 Å². The zero-order valence-corrected chi connectivity index (χ0v) is 10.4. The second-order valence-corrected chi connectivity index (χ2v) is 4.75. The van der Waals surface area contributed by atoms with E-state index in [9.17, 15) is 9.90 Å². The molecule has 0 fully saturated rings. The fourth-order valence-electron chi connectivity index (χ4n) is 1.70. The Balaban J connectivity index is 3.13. The van der Waals surface area contributed by atoms with Gasteiger partial charge in [-0.1, -0.05) is 38.1 Å².